The zero-order valence-corrected chi connectivity index (χ0v) is 13.5. The molecule has 116 valence electrons. The molecule has 0 aromatic heterocycles. The van der Waals surface area contributed by atoms with Crippen molar-refractivity contribution >= 4 is 5.78 Å². The number of rotatable bonds is 0. The van der Waals surface area contributed by atoms with Gasteiger partial charge in [-0.15, -0.1) is 0 Å². The van der Waals surface area contributed by atoms with Crippen molar-refractivity contribution in [3.63, 3.8) is 0 Å². The molecule has 0 unspecified atom stereocenters. The van der Waals surface area contributed by atoms with E-state index in [2.05, 4.69) is 13.8 Å². The number of carbonyl (C=O) groups is 1. The van der Waals surface area contributed by atoms with E-state index in [1.807, 2.05) is 6.08 Å². The maximum Gasteiger partial charge on any atom is 0.155 e. The summed E-state index contributed by atoms with van der Waals surface area (Å²) in [6, 6.07) is 0. The van der Waals surface area contributed by atoms with E-state index < -0.39 is 5.60 Å². The van der Waals surface area contributed by atoms with Gasteiger partial charge in [-0.2, -0.15) is 0 Å². The van der Waals surface area contributed by atoms with E-state index in [1.165, 1.54) is 31.3 Å². The predicted molar refractivity (Wildman–Crippen MR) is 82.8 cm³/mol. The van der Waals surface area contributed by atoms with E-state index in [0.717, 1.165) is 25.7 Å². The lowest BCUT2D eigenvalue weighted by atomic mass is 9.46. The highest BCUT2D eigenvalue weighted by Crippen LogP contribution is 2.66. The molecule has 4 rings (SSSR count). The number of carbonyl (C=O) groups excluding carboxylic acids is 1. The quantitative estimate of drug-likeness (QED) is 0.731. The van der Waals surface area contributed by atoms with Crippen LogP contribution in [-0.4, -0.2) is 16.5 Å². The topological polar surface area (TPSA) is 37.3 Å². The van der Waals surface area contributed by atoms with E-state index in [4.69, 9.17) is 0 Å². The van der Waals surface area contributed by atoms with Gasteiger partial charge >= 0.3 is 0 Å². The molecule has 1 N–H and O–H groups in total. The molecular formula is C19H28O2. The van der Waals surface area contributed by atoms with Crippen LogP contribution in [0.5, 0.6) is 0 Å². The van der Waals surface area contributed by atoms with Gasteiger partial charge in [0.15, 0.2) is 5.78 Å². The van der Waals surface area contributed by atoms with E-state index in [0.29, 0.717) is 24.0 Å². The molecule has 21 heavy (non-hydrogen) atoms. The Morgan fingerprint density at radius 2 is 1.86 bits per heavy atom. The highest BCUT2D eigenvalue weighted by molar-refractivity contribution is 5.91. The Morgan fingerprint density at radius 3 is 2.67 bits per heavy atom. The molecule has 0 aromatic rings. The van der Waals surface area contributed by atoms with Crippen molar-refractivity contribution in [3.8, 4) is 0 Å². The van der Waals surface area contributed by atoms with Crippen LogP contribution in [0, 0.1) is 22.7 Å². The number of fused-ring (bicyclic) bond motifs is 5. The second kappa shape index (κ2) is 4.22. The Balaban J connectivity index is 1.74. The number of ketones is 1. The van der Waals surface area contributed by atoms with Crippen molar-refractivity contribution in [2.24, 2.45) is 22.7 Å². The zero-order valence-electron chi connectivity index (χ0n) is 13.5. The van der Waals surface area contributed by atoms with Gasteiger partial charge < -0.3 is 5.11 Å². The molecule has 0 aromatic carbocycles. The van der Waals surface area contributed by atoms with Crippen LogP contribution in [0.15, 0.2) is 11.6 Å². The Morgan fingerprint density at radius 1 is 1.05 bits per heavy atom. The van der Waals surface area contributed by atoms with Gasteiger partial charge in [-0.05, 0) is 80.1 Å². The predicted octanol–water partition coefficient (Wildman–Crippen LogP) is 4.02. The average molecular weight is 288 g/mol. The summed E-state index contributed by atoms with van der Waals surface area (Å²) in [5.41, 5.74) is 1.28. The SMILES string of the molecule is C[C@]12CCC[C@]1(O)[C@H]1CCC3=CC(=O)CC[C@]3(C)[C@@H]1CC2. The van der Waals surface area contributed by atoms with Crippen LogP contribution < -0.4 is 0 Å². The third kappa shape index (κ3) is 1.66. The van der Waals surface area contributed by atoms with E-state index in [9.17, 15) is 9.90 Å². The van der Waals surface area contributed by atoms with Gasteiger partial charge in [0, 0.05) is 6.42 Å². The molecule has 2 nitrogen and oxygen atoms in total. The molecule has 0 saturated heterocycles. The van der Waals surface area contributed by atoms with Gasteiger partial charge in [0.2, 0.25) is 0 Å². The monoisotopic (exact) mass is 288 g/mol. The summed E-state index contributed by atoms with van der Waals surface area (Å²) in [5, 5.41) is 11.5. The van der Waals surface area contributed by atoms with Crippen molar-refractivity contribution in [1.29, 1.82) is 0 Å². The first-order valence-electron chi connectivity index (χ1n) is 8.85. The van der Waals surface area contributed by atoms with E-state index in [1.54, 1.807) is 0 Å². The van der Waals surface area contributed by atoms with Gasteiger partial charge in [0.1, 0.15) is 0 Å². The normalized spacial score (nSPS) is 52.7. The van der Waals surface area contributed by atoms with Gasteiger partial charge in [0.25, 0.3) is 0 Å². The smallest absolute Gasteiger partial charge is 0.155 e. The second-order valence-electron chi connectivity index (χ2n) is 8.68. The van der Waals surface area contributed by atoms with Gasteiger partial charge in [-0.25, -0.2) is 0 Å². The largest absolute Gasteiger partial charge is 0.389 e. The Kier molecular flexibility index (Phi) is 2.81. The fourth-order valence-electron chi connectivity index (χ4n) is 6.52. The zero-order chi connectivity index (χ0) is 14.9. The lowest BCUT2D eigenvalue weighted by molar-refractivity contribution is -0.173. The van der Waals surface area contributed by atoms with Gasteiger partial charge in [0.05, 0.1) is 5.60 Å². The lowest BCUT2D eigenvalue weighted by Gasteiger charge is -2.60. The molecule has 0 spiro atoms. The van der Waals surface area contributed by atoms with Crippen LogP contribution >= 0.6 is 0 Å². The molecule has 3 saturated carbocycles. The van der Waals surface area contributed by atoms with Crippen molar-refractivity contribution < 1.29 is 9.90 Å². The number of allylic oxidation sites excluding steroid dienone is 1. The molecule has 3 fully saturated rings. The van der Waals surface area contributed by atoms with Crippen molar-refractivity contribution in [2.45, 2.75) is 77.2 Å². The van der Waals surface area contributed by atoms with Gasteiger partial charge in [-0.1, -0.05) is 19.4 Å². The first-order chi connectivity index (χ1) is 9.89. The van der Waals surface area contributed by atoms with Crippen LogP contribution in [0.3, 0.4) is 0 Å². The summed E-state index contributed by atoms with van der Waals surface area (Å²) < 4.78 is 0. The molecule has 2 heteroatoms. The lowest BCUT2D eigenvalue weighted by Crippen LogP contribution is -2.59. The van der Waals surface area contributed by atoms with Crippen LogP contribution in [0.1, 0.15) is 71.6 Å². The molecule has 4 aliphatic rings. The maximum absolute atomic E-state index is 11.8. The highest BCUT2D eigenvalue weighted by atomic mass is 16.3. The summed E-state index contributed by atoms with van der Waals surface area (Å²) in [7, 11) is 0. The summed E-state index contributed by atoms with van der Waals surface area (Å²) >= 11 is 0. The summed E-state index contributed by atoms with van der Waals surface area (Å²) in [4.78, 5) is 11.8. The molecule has 0 bridgehead atoms. The summed E-state index contributed by atoms with van der Waals surface area (Å²) in [5.74, 6) is 1.36. The minimum absolute atomic E-state index is 0.149. The van der Waals surface area contributed by atoms with Crippen LogP contribution in [0.4, 0.5) is 0 Å². The van der Waals surface area contributed by atoms with Crippen molar-refractivity contribution in [2.75, 3.05) is 0 Å². The summed E-state index contributed by atoms with van der Waals surface area (Å²) in [6.07, 6.45) is 11.6. The number of hydrogen-bond acceptors (Lipinski definition) is 2. The van der Waals surface area contributed by atoms with Crippen LogP contribution in [0.25, 0.3) is 0 Å². The molecule has 0 heterocycles. The number of aliphatic hydroxyl groups is 1. The van der Waals surface area contributed by atoms with Crippen LogP contribution in [-0.2, 0) is 4.79 Å². The molecule has 5 atom stereocenters. The first-order valence-corrected chi connectivity index (χ1v) is 8.85. The first kappa shape index (κ1) is 14.0. The van der Waals surface area contributed by atoms with E-state index in [-0.39, 0.29) is 10.8 Å². The fourth-order valence-corrected chi connectivity index (χ4v) is 6.52. The molecule has 0 amide bonds. The van der Waals surface area contributed by atoms with Gasteiger partial charge in [-0.3, -0.25) is 4.79 Å². The number of hydrogen-bond donors (Lipinski definition) is 1. The third-order valence-corrected chi connectivity index (χ3v) is 7.94. The minimum atomic E-state index is -0.439. The molecular weight excluding hydrogens is 260 g/mol. The van der Waals surface area contributed by atoms with E-state index >= 15 is 0 Å². The Labute approximate surface area is 128 Å². The Bertz CT molecular complexity index is 522. The minimum Gasteiger partial charge on any atom is -0.389 e. The average Bonchev–Trinajstić information content (AvgIpc) is 2.75. The highest BCUT2D eigenvalue weighted by Gasteiger charge is 2.63. The molecule has 0 aliphatic heterocycles. The standard InChI is InChI=1S/C19H28O2/c1-17-8-3-9-19(17,21)16-5-4-13-12-14(20)6-11-18(13,2)15(16)7-10-17/h12,15-16,21H,3-11H2,1-2H3/t15-,16+,17-,18+,19+/m1/s1. The van der Waals surface area contributed by atoms with Crippen molar-refractivity contribution in [1.82, 2.24) is 0 Å². The summed E-state index contributed by atoms with van der Waals surface area (Å²) in [6.45, 7) is 4.71. The van der Waals surface area contributed by atoms with Crippen LogP contribution in [0.2, 0.25) is 0 Å². The fraction of sp³-hybridized carbons (Fsp3) is 0.842. The Hall–Kier alpha value is -0.630. The molecule has 0 radical (unpaired) electrons. The second-order valence-corrected chi connectivity index (χ2v) is 8.68. The third-order valence-electron chi connectivity index (χ3n) is 7.94. The molecule has 4 aliphatic carbocycles. The maximum atomic E-state index is 11.8. The van der Waals surface area contributed by atoms with Crippen molar-refractivity contribution in [3.05, 3.63) is 11.6 Å².